The second-order valence-electron chi connectivity index (χ2n) is 14.9. The summed E-state index contributed by atoms with van der Waals surface area (Å²) in [7, 11) is 0. The predicted molar refractivity (Wildman–Crippen MR) is 229 cm³/mol. The number of benzene rings is 8. The van der Waals surface area contributed by atoms with E-state index < -0.39 is 0 Å². The first-order valence-electron chi connectivity index (χ1n) is 18.9. The molecule has 0 bridgehead atoms. The van der Waals surface area contributed by atoms with Crippen LogP contribution < -0.4 is 0 Å². The maximum absolute atomic E-state index is 6.97. The number of aromatic nitrogens is 4. The summed E-state index contributed by atoms with van der Waals surface area (Å²) in [5.41, 5.74) is 13.3. The molecule has 0 spiro atoms. The second-order valence-corrected chi connectivity index (χ2v) is 14.9. The molecular weight excluding hydrogens is 689 g/mol. The third kappa shape index (κ3) is 3.44. The van der Waals surface area contributed by atoms with E-state index in [2.05, 4.69) is 154 Å². The predicted octanol–water partition coefficient (Wildman–Crippen LogP) is 13.4. The van der Waals surface area contributed by atoms with Crippen molar-refractivity contribution in [3.63, 3.8) is 0 Å². The highest BCUT2D eigenvalue weighted by atomic mass is 16.3. The fourth-order valence-corrected chi connectivity index (χ4v) is 9.73. The normalized spacial score (nSPS) is 12.6. The highest BCUT2D eigenvalue weighted by Crippen LogP contribution is 2.45. The average Bonchev–Trinajstić information content (AvgIpc) is 4.04. The largest absolute Gasteiger partial charge is 0.455 e. The van der Waals surface area contributed by atoms with E-state index in [1.54, 1.807) is 0 Å². The summed E-state index contributed by atoms with van der Waals surface area (Å²) in [5.74, 6) is 0. The number of hydrogen-bond acceptors (Lipinski definition) is 4. The first kappa shape index (κ1) is 28.8. The van der Waals surface area contributed by atoms with E-state index in [9.17, 15) is 0 Å². The van der Waals surface area contributed by atoms with Crippen LogP contribution >= 0.6 is 0 Å². The fraction of sp³-hybridized carbons (Fsp3) is 0. The lowest BCUT2D eigenvalue weighted by Crippen LogP contribution is -1.92. The summed E-state index contributed by atoms with van der Waals surface area (Å²) >= 11 is 0. The Hall–Kier alpha value is -7.70. The summed E-state index contributed by atoms with van der Waals surface area (Å²) in [4.78, 5) is 10.7. The van der Waals surface area contributed by atoms with Gasteiger partial charge in [-0.1, -0.05) is 115 Å². The number of para-hydroxylation sites is 5. The quantitative estimate of drug-likeness (QED) is 0.159. The molecule has 0 N–H and O–H groups in total. The van der Waals surface area contributed by atoms with E-state index in [1.165, 1.54) is 5.39 Å². The topological polar surface area (TPSA) is 60.9 Å². The van der Waals surface area contributed by atoms with Gasteiger partial charge in [-0.05, 0) is 53.2 Å². The first-order valence-corrected chi connectivity index (χ1v) is 18.9. The SMILES string of the molecule is c1ccc2c(c1)nc1c3ccccc3c3ccc4oc5c(-c6cccc7c6nc6c8ccccc8c8ccc9c%10ccccc%10oc9c8n76)cccc5c4c3n21. The highest BCUT2D eigenvalue weighted by Gasteiger charge is 2.24. The van der Waals surface area contributed by atoms with Crippen molar-refractivity contribution in [2.45, 2.75) is 0 Å². The lowest BCUT2D eigenvalue weighted by molar-refractivity contribution is 0.670. The van der Waals surface area contributed by atoms with Crippen molar-refractivity contribution in [2.75, 3.05) is 0 Å². The standard InChI is InChI=1S/C50H26N4O2/c1-3-14-35-27(11-1)31-25-26-42-43(45(31)53-39-20-7-6-19-38(39)51-49(35)53)37-18-9-17-33(47(37)56-42)30-16-10-21-40-44(30)52-50-36-15-4-2-12-28(36)32-23-24-34-29-13-5-8-22-41(29)55-48(34)46(32)54(40)50/h1-26H. The van der Waals surface area contributed by atoms with E-state index in [4.69, 9.17) is 18.8 Å². The van der Waals surface area contributed by atoms with Crippen molar-refractivity contribution in [3.8, 4) is 11.1 Å². The summed E-state index contributed by atoms with van der Waals surface area (Å²) < 4.78 is 18.3. The Morgan fingerprint density at radius 2 is 0.946 bits per heavy atom. The van der Waals surface area contributed by atoms with Crippen LogP contribution in [0.3, 0.4) is 0 Å². The molecule has 0 fully saturated rings. The van der Waals surface area contributed by atoms with Gasteiger partial charge < -0.3 is 8.83 Å². The molecule has 14 rings (SSSR count). The minimum Gasteiger partial charge on any atom is -0.455 e. The third-order valence-corrected chi connectivity index (χ3v) is 12.1. The van der Waals surface area contributed by atoms with Crippen LogP contribution in [0.25, 0.3) is 132 Å². The maximum atomic E-state index is 6.97. The van der Waals surface area contributed by atoms with E-state index in [-0.39, 0.29) is 0 Å². The fourth-order valence-electron chi connectivity index (χ4n) is 9.73. The third-order valence-electron chi connectivity index (χ3n) is 12.1. The number of pyridine rings is 2. The zero-order valence-corrected chi connectivity index (χ0v) is 29.6. The monoisotopic (exact) mass is 714 g/mol. The van der Waals surface area contributed by atoms with E-state index in [0.29, 0.717) is 0 Å². The molecule has 6 heterocycles. The summed E-state index contributed by atoms with van der Waals surface area (Å²) in [6, 6.07) is 55.5. The molecule has 0 aliphatic carbocycles. The van der Waals surface area contributed by atoms with Crippen LogP contribution in [0.2, 0.25) is 0 Å². The molecule has 0 aliphatic rings. The Balaban J connectivity index is 1.13. The Kier molecular flexibility index (Phi) is 5.18. The summed E-state index contributed by atoms with van der Waals surface area (Å²) in [5, 5.41) is 11.1. The number of fused-ring (bicyclic) bond motifs is 24. The smallest absolute Gasteiger partial charge is 0.160 e. The molecule has 8 aromatic carbocycles. The molecule has 0 amide bonds. The molecule has 6 aromatic heterocycles. The van der Waals surface area contributed by atoms with Crippen LogP contribution in [0.4, 0.5) is 0 Å². The zero-order valence-electron chi connectivity index (χ0n) is 29.6. The highest BCUT2D eigenvalue weighted by molar-refractivity contribution is 6.27. The van der Waals surface area contributed by atoms with Crippen LogP contribution in [0.5, 0.6) is 0 Å². The molecule has 6 nitrogen and oxygen atoms in total. The van der Waals surface area contributed by atoms with Gasteiger partial charge in [0.1, 0.15) is 28.0 Å². The lowest BCUT2D eigenvalue weighted by Gasteiger charge is -2.10. The maximum Gasteiger partial charge on any atom is 0.160 e. The van der Waals surface area contributed by atoms with E-state index in [1.807, 2.05) is 12.1 Å². The number of hydrogen-bond donors (Lipinski definition) is 0. The van der Waals surface area contributed by atoms with Crippen molar-refractivity contribution < 1.29 is 8.83 Å². The van der Waals surface area contributed by atoms with Gasteiger partial charge in [-0.2, -0.15) is 0 Å². The van der Waals surface area contributed by atoms with Crippen LogP contribution in [0.1, 0.15) is 0 Å². The van der Waals surface area contributed by atoms with Crippen molar-refractivity contribution in [1.29, 1.82) is 0 Å². The van der Waals surface area contributed by atoms with Gasteiger partial charge in [0.05, 0.1) is 38.5 Å². The molecule has 14 aromatic rings. The summed E-state index contributed by atoms with van der Waals surface area (Å²) in [6.07, 6.45) is 0. The van der Waals surface area contributed by atoms with Crippen LogP contribution in [0.15, 0.2) is 167 Å². The first-order chi connectivity index (χ1) is 27.8. The molecule has 0 radical (unpaired) electrons. The number of rotatable bonds is 1. The zero-order chi connectivity index (χ0) is 36.2. The lowest BCUT2D eigenvalue weighted by atomic mass is 9.99. The van der Waals surface area contributed by atoms with E-state index >= 15 is 0 Å². The molecule has 258 valence electrons. The minimum absolute atomic E-state index is 0.833. The molecule has 0 saturated heterocycles. The van der Waals surface area contributed by atoms with E-state index in [0.717, 1.165) is 126 Å². The molecule has 56 heavy (non-hydrogen) atoms. The van der Waals surface area contributed by atoms with Gasteiger partial charge in [0.2, 0.25) is 0 Å². The van der Waals surface area contributed by atoms with Crippen molar-refractivity contribution in [2.24, 2.45) is 0 Å². The molecular formula is C50H26N4O2. The second kappa shape index (κ2) is 10.1. The van der Waals surface area contributed by atoms with Gasteiger partial charge in [-0.3, -0.25) is 8.80 Å². The van der Waals surface area contributed by atoms with Crippen molar-refractivity contribution in [3.05, 3.63) is 158 Å². The Morgan fingerprint density at radius 3 is 1.80 bits per heavy atom. The number of furan rings is 2. The molecule has 6 heteroatoms. The Labute approximate surface area is 316 Å². The minimum atomic E-state index is 0.833. The molecule has 0 saturated carbocycles. The van der Waals surface area contributed by atoms with Crippen LogP contribution in [0, 0.1) is 0 Å². The summed E-state index contributed by atoms with van der Waals surface area (Å²) in [6.45, 7) is 0. The van der Waals surface area contributed by atoms with Gasteiger partial charge in [-0.25, -0.2) is 9.97 Å². The van der Waals surface area contributed by atoms with Gasteiger partial charge >= 0.3 is 0 Å². The van der Waals surface area contributed by atoms with Crippen LogP contribution in [-0.4, -0.2) is 18.8 Å². The number of nitrogens with zero attached hydrogens (tertiary/aromatic N) is 4. The van der Waals surface area contributed by atoms with Gasteiger partial charge in [0.15, 0.2) is 5.58 Å². The van der Waals surface area contributed by atoms with Crippen molar-refractivity contribution in [1.82, 2.24) is 18.8 Å². The average molecular weight is 715 g/mol. The van der Waals surface area contributed by atoms with Crippen molar-refractivity contribution >= 4 is 121 Å². The molecule has 0 aliphatic heterocycles. The van der Waals surface area contributed by atoms with Gasteiger partial charge in [-0.15, -0.1) is 0 Å². The molecule has 0 atom stereocenters. The Bertz CT molecular complexity index is 4070. The van der Waals surface area contributed by atoms with Gasteiger partial charge in [0, 0.05) is 48.8 Å². The van der Waals surface area contributed by atoms with Gasteiger partial charge in [0.25, 0.3) is 0 Å². The molecule has 0 unspecified atom stereocenters. The Morgan fingerprint density at radius 1 is 0.357 bits per heavy atom. The number of imidazole rings is 2. The van der Waals surface area contributed by atoms with Crippen LogP contribution in [-0.2, 0) is 0 Å².